The zero-order chi connectivity index (χ0) is 24.1. The number of benzene rings is 3. The molecule has 1 N–H and O–H groups in total. The lowest BCUT2D eigenvalue weighted by Crippen LogP contribution is -2.27. The molecular formula is C28H28N2O4. The number of nitrogens with one attached hydrogen (secondary N) is 1. The zero-order valence-electron chi connectivity index (χ0n) is 19.8. The maximum Gasteiger partial charge on any atom is 0.252 e. The van der Waals surface area contributed by atoms with Crippen LogP contribution in [0.15, 0.2) is 72.8 Å². The fraction of sp³-hybridized carbons (Fsp3) is 0.214. The molecule has 0 spiro atoms. The molecule has 0 aliphatic heterocycles. The van der Waals surface area contributed by atoms with Crippen molar-refractivity contribution in [3.05, 3.63) is 83.9 Å². The first kappa shape index (κ1) is 23.1. The van der Waals surface area contributed by atoms with Crippen molar-refractivity contribution >= 4 is 16.8 Å². The van der Waals surface area contributed by atoms with Crippen LogP contribution in [0.2, 0.25) is 0 Å². The SMILES string of the molecule is COc1cc(-c2cc(C(=O)NC[C@H](C)c3ccccc3)c3ccccc3n2)cc(OC)c1OC. The van der Waals surface area contributed by atoms with E-state index in [1.54, 1.807) is 21.3 Å². The number of rotatable bonds is 8. The molecule has 0 fully saturated rings. The summed E-state index contributed by atoms with van der Waals surface area (Å²) >= 11 is 0. The molecule has 4 aromatic rings. The number of nitrogens with zero attached hydrogens (tertiary/aromatic N) is 1. The summed E-state index contributed by atoms with van der Waals surface area (Å²) in [6.45, 7) is 2.63. The minimum atomic E-state index is -0.143. The number of aromatic nitrogens is 1. The van der Waals surface area contributed by atoms with Gasteiger partial charge in [0.15, 0.2) is 11.5 Å². The van der Waals surface area contributed by atoms with E-state index in [1.807, 2.05) is 60.7 Å². The van der Waals surface area contributed by atoms with Crippen molar-refractivity contribution in [1.29, 1.82) is 0 Å². The summed E-state index contributed by atoms with van der Waals surface area (Å²) in [6, 6.07) is 23.3. The van der Waals surface area contributed by atoms with E-state index in [0.29, 0.717) is 35.1 Å². The first-order valence-electron chi connectivity index (χ1n) is 11.1. The Bertz CT molecular complexity index is 1280. The number of methoxy groups -OCH3 is 3. The number of fused-ring (bicyclic) bond motifs is 1. The molecule has 1 aromatic heterocycles. The average Bonchev–Trinajstić information content (AvgIpc) is 2.90. The molecule has 0 aliphatic rings. The summed E-state index contributed by atoms with van der Waals surface area (Å²) in [4.78, 5) is 18.1. The first-order chi connectivity index (χ1) is 16.5. The van der Waals surface area contributed by atoms with Gasteiger partial charge in [0.2, 0.25) is 5.75 Å². The van der Waals surface area contributed by atoms with Gasteiger partial charge in [0.25, 0.3) is 5.91 Å². The number of hydrogen-bond acceptors (Lipinski definition) is 5. The normalized spacial score (nSPS) is 11.6. The smallest absolute Gasteiger partial charge is 0.252 e. The van der Waals surface area contributed by atoms with Gasteiger partial charge in [0.05, 0.1) is 38.1 Å². The Morgan fingerprint density at radius 2 is 1.53 bits per heavy atom. The molecule has 1 amide bonds. The van der Waals surface area contributed by atoms with Gasteiger partial charge >= 0.3 is 0 Å². The van der Waals surface area contributed by atoms with E-state index in [1.165, 1.54) is 5.56 Å². The van der Waals surface area contributed by atoms with Crippen LogP contribution in [0.25, 0.3) is 22.2 Å². The van der Waals surface area contributed by atoms with Gasteiger partial charge < -0.3 is 19.5 Å². The van der Waals surface area contributed by atoms with Crippen molar-refractivity contribution in [3.8, 4) is 28.5 Å². The lowest BCUT2D eigenvalue weighted by atomic mass is 10.0. The molecule has 0 saturated heterocycles. The number of pyridine rings is 1. The minimum Gasteiger partial charge on any atom is -0.493 e. The van der Waals surface area contributed by atoms with E-state index in [-0.39, 0.29) is 11.8 Å². The number of amides is 1. The molecule has 1 atom stereocenters. The van der Waals surface area contributed by atoms with Crippen LogP contribution in [0.4, 0.5) is 0 Å². The van der Waals surface area contributed by atoms with Gasteiger partial charge in [-0.15, -0.1) is 0 Å². The predicted molar refractivity (Wildman–Crippen MR) is 134 cm³/mol. The highest BCUT2D eigenvalue weighted by Crippen LogP contribution is 2.41. The predicted octanol–water partition coefficient (Wildman–Crippen LogP) is 5.46. The maximum absolute atomic E-state index is 13.3. The number of hydrogen-bond donors (Lipinski definition) is 1. The molecule has 6 heteroatoms. The number of carbonyl (C=O) groups excluding carboxylic acids is 1. The highest BCUT2D eigenvalue weighted by molar-refractivity contribution is 6.07. The van der Waals surface area contributed by atoms with Gasteiger partial charge in [0, 0.05) is 17.5 Å². The van der Waals surface area contributed by atoms with E-state index in [9.17, 15) is 4.79 Å². The quantitative estimate of drug-likeness (QED) is 0.381. The van der Waals surface area contributed by atoms with Crippen LogP contribution in [0, 0.1) is 0 Å². The van der Waals surface area contributed by atoms with Crippen LogP contribution in [0.5, 0.6) is 17.2 Å². The van der Waals surface area contributed by atoms with Gasteiger partial charge in [-0.2, -0.15) is 0 Å². The highest BCUT2D eigenvalue weighted by Gasteiger charge is 2.18. The van der Waals surface area contributed by atoms with Crippen LogP contribution in [0.3, 0.4) is 0 Å². The molecule has 0 saturated carbocycles. The van der Waals surface area contributed by atoms with E-state index < -0.39 is 0 Å². The molecule has 6 nitrogen and oxygen atoms in total. The number of para-hydroxylation sites is 1. The molecular weight excluding hydrogens is 428 g/mol. The molecule has 0 unspecified atom stereocenters. The third-order valence-corrected chi connectivity index (χ3v) is 5.86. The van der Waals surface area contributed by atoms with E-state index in [2.05, 4.69) is 24.4 Å². The van der Waals surface area contributed by atoms with E-state index in [4.69, 9.17) is 19.2 Å². The molecule has 0 radical (unpaired) electrons. The van der Waals surface area contributed by atoms with Crippen molar-refractivity contribution in [1.82, 2.24) is 10.3 Å². The standard InChI is InChI=1S/C28H28N2O4/c1-18(19-10-6-5-7-11-19)17-29-28(31)22-16-24(30-23-13-9-8-12-21(22)23)20-14-25(32-2)27(34-4)26(15-20)33-3/h5-16,18H,17H2,1-4H3,(H,29,31)/t18-/m0/s1. The Morgan fingerprint density at radius 3 is 2.18 bits per heavy atom. The second kappa shape index (κ2) is 10.3. The van der Waals surface area contributed by atoms with Crippen LogP contribution in [0.1, 0.15) is 28.8 Å². The maximum atomic E-state index is 13.3. The fourth-order valence-corrected chi connectivity index (χ4v) is 3.98. The largest absolute Gasteiger partial charge is 0.493 e. The molecule has 1 heterocycles. The molecule has 0 bridgehead atoms. The monoisotopic (exact) mass is 456 g/mol. The van der Waals surface area contributed by atoms with E-state index in [0.717, 1.165) is 16.5 Å². The van der Waals surface area contributed by atoms with Crippen molar-refractivity contribution < 1.29 is 19.0 Å². The van der Waals surface area contributed by atoms with Gasteiger partial charge in [-0.1, -0.05) is 55.5 Å². The van der Waals surface area contributed by atoms with Crippen molar-refractivity contribution in [2.75, 3.05) is 27.9 Å². The second-order valence-corrected chi connectivity index (χ2v) is 8.01. The van der Waals surface area contributed by atoms with Crippen LogP contribution >= 0.6 is 0 Å². The lowest BCUT2D eigenvalue weighted by molar-refractivity contribution is 0.0953. The summed E-state index contributed by atoms with van der Waals surface area (Å²) in [5.74, 6) is 1.59. The molecule has 34 heavy (non-hydrogen) atoms. The van der Waals surface area contributed by atoms with Crippen LogP contribution < -0.4 is 19.5 Å². The van der Waals surface area contributed by atoms with Crippen LogP contribution in [-0.4, -0.2) is 38.8 Å². The summed E-state index contributed by atoms with van der Waals surface area (Å²) in [5.41, 5.74) is 3.87. The summed E-state index contributed by atoms with van der Waals surface area (Å²) < 4.78 is 16.4. The van der Waals surface area contributed by atoms with Crippen molar-refractivity contribution in [2.24, 2.45) is 0 Å². The Kier molecular flexibility index (Phi) is 6.97. The minimum absolute atomic E-state index is 0.143. The average molecular weight is 457 g/mol. The zero-order valence-corrected chi connectivity index (χ0v) is 19.8. The molecule has 4 rings (SSSR count). The third kappa shape index (κ3) is 4.66. The Labute approximate surface area is 199 Å². The lowest BCUT2D eigenvalue weighted by Gasteiger charge is -2.16. The Balaban J connectivity index is 1.72. The fourth-order valence-electron chi connectivity index (χ4n) is 3.98. The van der Waals surface area contributed by atoms with Crippen LogP contribution in [-0.2, 0) is 0 Å². The Morgan fingerprint density at radius 1 is 0.882 bits per heavy atom. The van der Waals surface area contributed by atoms with Gasteiger partial charge in [0.1, 0.15) is 0 Å². The van der Waals surface area contributed by atoms with Gasteiger partial charge in [-0.25, -0.2) is 4.98 Å². The van der Waals surface area contributed by atoms with Crippen molar-refractivity contribution in [3.63, 3.8) is 0 Å². The molecule has 3 aromatic carbocycles. The number of carbonyl (C=O) groups is 1. The summed E-state index contributed by atoms with van der Waals surface area (Å²) in [7, 11) is 4.70. The third-order valence-electron chi connectivity index (χ3n) is 5.86. The molecule has 174 valence electrons. The molecule has 0 aliphatic carbocycles. The van der Waals surface area contributed by atoms with Gasteiger partial charge in [-0.05, 0) is 35.7 Å². The second-order valence-electron chi connectivity index (χ2n) is 8.01. The summed E-state index contributed by atoms with van der Waals surface area (Å²) in [5, 5.41) is 3.89. The van der Waals surface area contributed by atoms with Crippen molar-refractivity contribution in [2.45, 2.75) is 12.8 Å². The summed E-state index contributed by atoms with van der Waals surface area (Å²) in [6.07, 6.45) is 0. The number of ether oxygens (including phenoxy) is 3. The first-order valence-corrected chi connectivity index (χ1v) is 11.1. The van der Waals surface area contributed by atoms with Gasteiger partial charge in [-0.3, -0.25) is 4.79 Å². The van der Waals surface area contributed by atoms with E-state index >= 15 is 0 Å². The highest BCUT2D eigenvalue weighted by atomic mass is 16.5. The topological polar surface area (TPSA) is 69.7 Å². The Hall–Kier alpha value is -4.06.